The largest absolute Gasteiger partial charge is 0.394 e. The Labute approximate surface area is 148 Å². The highest BCUT2D eigenvalue weighted by Crippen LogP contribution is 2.10. The van der Waals surface area contributed by atoms with Crippen molar-refractivity contribution >= 4 is 27.9 Å². The summed E-state index contributed by atoms with van der Waals surface area (Å²) in [5.74, 6) is -0.533. The highest BCUT2D eigenvalue weighted by Gasteiger charge is 2.16. The summed E-state index contributed by atoms with van der Waals surface area (Å²) in [5.41, 5.74) is 1.43. The number of hydrogen-bond acceptors (Lipinski definition) is 4. The zero-order valence-electron chi connectivity index (χ0n) is 12.8. The second-order valence-electron chi connectivity index (χ2n) is 5.10. The van der Waals surface area contributed by atoms with Crippen molar-refractivity contribution < 1.29 is 9.90 Å². The molecule has 0 aliphatic heterocycles. The van der Waals surface area contributed by atoms with Gasteiger partial charge in [0.25, 0.3) is 5.91 Å². The maximum atomic E-state index is 12.3. The fourth-order valence-corrected chi connectivity index (χ4v) is 2.48. The van der Waals surface area contributed by atoms with Crippen molar-refractivity contribution in [1.29, 1.82) is 5.26 Å². The molecule has 0 spiro atoms. The van der Waals surface area contributed by atoms with Crippen molar-refractivity contribution in [1.82, 2.24) is 10.3 Å². The summed E-state index contributed by atoms with van der Waals surface area (Å²) in [6.07, 6.45) is 1.90. The molecule has 0 bridgehead atoms. The molecule has 0 saturated carbocycles. The summed E-state index contributed by atoms with van der Waals surface area (Å²) in [6, 6.07) is 16.2. The minimum atomic E-state index is -0.533. The van der Waals surface area contributed by atoms with Gasteiger partial charge in [0.15, 0.2) is 0 Å². The number of carbonyl (C=O) groups excluding carboxylic acids is 1. The van der Waals surface area contributed by atoms with E-state index < -0.39 is 11.9 Å². The first kappa shape index (κ1) is 17.9. The van der Waals surface area contributed by atoms with E-state index in [1.165, 1.54) is 6.08 Å². The number of nitrogens with one attached hydrogen (secondary N) is 1. The molecule has 24 heavy (non-hydrogen) atoms. The number of pyridine rings is 1. The summed E-state index contributed by atoms with van der Waals surface area (Å²) < 4.78 is 0.617. The summed E-state index contributed by atoms with van der Waals surface area (Å²) in [5, 5.41) is 21.4. The van der Waals surface area contributed by atoms with Crippen LogP contribution in [0.15, 0.2) is 58.7 Å². The van der Waals surface area contributed by atoms with Gasteiger partial charge in [0.2, 0.25) is 0 Å². The van der Waals surface area contributed by atoms with Gasteiger partial charge >= 0.3 is 0 Å². The van der Waals surface area contributed by atoms with Gasteiger partial charge in [-0.25, -0.2) is 4.98 Å². The number of aromatic nitrogens is 1. The number of benzene rings is 1. The molecule has 1 heterocycles. The molecule has 1 aromatic carbocycles. The molecule has 2 N–H and O–H groups in total. The van der Waals surface area contributed by atoms with Crippen LogP contribution in [0.25, 0.3) is 6.08 Å². The fraction of sp³-hybridized carbons (Fsp3) is 0.167. The molecule has 0 saturated heterocycles. The van der Waals surface area contributed by atoms with Gasteiger partial charge in [-0.1, -0.05) is 36.4 Å². The predicted octanol–water partition coefficient (Wildman–Crippen LogP) is 2.47. The second-order valence-corrected chi connectivity index (χ2v) is 5.91. The van der Waals surface area contributed by atoms with E-state index in [1.807, 2.05) is 36.4 Å². The van der Waals surface area contributed by atoms with E-state index in [4.69, 9.17) is 0 Å². The SMILES string of the molecule is N#CC(=Cc1cccc(Br)n1)C(=O)NC(CO)Cc1ccccc1. The lowest BCUT2D eigenvalue weighted by atomic mass is 10.1. The van der Waals surface area contributed by atoms with Crippen LogP contribution < -0.4 is 5.32 Å². The highest BCUT2D eigenvalue weighted by molar-refractivity contribution is 9.10. The maximum absolute atomic E-state index is 12.3. The Morgan fingerprint density at radius 2 is 2.04 bits per heavy atom. The van der Waals surface area contributed by atoms with Crippen molar-refractivity contribution in [3.05, 3.63) is 70.0 Å². The quantitative estimate of drug-likeness (QED) is 0.454. The molecule has 1 aromatic heterocycles. The summed E-state index contributed by atoms with van der Waals surface area (Å²) >= 11 is 3.24. The van der Waals surface area contributed by atoms with Crippen molar-refractivity contribution in [3.63, 3.8) is 0 Å². The molecule has 6 heteroatoms. The van der Waals surface area contributed by atoms with Crippen molar-refractivity contribution in [2.75, 3.05) is 6.61 Å². The fourth-order valence-electron chi connectivity index (χ4n) is 2.12. The van der Waals surface area contributed by atoms with E-state index in [9.17, 15) is 15.2 Å². The first-order valence-corrected chi connectivity index (χ1v) is 8.11. The molecule has 122 valence electrons. The van der Waals surface area contributed by atoms with Crippen LogP contribution in [0.4, 0.5) is 0 Å². The van der Waals surface area contributed by atoms with Gasteiger partial charge in [-0.2, -0.15) is 5.26 Å². The minimum absolute atomic E-state index is 0.0629. The minimum Gasteiger partial charge on any atom is -0.394 e. The zero-order valence-corrected chi connectivity index (χ0v) is 14.4. The van der Waals surface area contributed by atoms with Gasteiger partial charge in [-0.3, -0.25) is 4.79 Å². The van der Waals surface area contributed by atoms with Crippen LogP contribution in [-0.4, -0.2) is 28.6 Å². The van der Waals surface area contributed by atoms with E-state index >= 15 is 0 Å². The monoisotopic (exact) mass is 385 g/mol. The number of aliphatic hydroxyl groups excluding tert-OH is 1. The number of nitrogens with zero attached hydrogens (tertiary/aromatic N) is 2. The van der Waals surface area contributed by atoms with E-state index in [-0.39, 0.29) is 12.2 Å². The van der Waals surface area contributed by atoms with Gasteiger partial charge in [0.1, 0.15) is 16.2 Å². The van der Waals surface area contributed by atoms with Crippen LogP contribution in [0.1, 0.15) is 11.3 Å². The number of nitriles is 1. The first-order chi connectivity index (χ1) is 11.6. The molecule has 1 unspecified atom stereocenters. The number of amides is 1. The smallest absolute Gasteiger partial charge is 0.262 e. The van der Waals surface area contributed by atoms with E-state index in [0.29, 0.717) is 16.7 Å². The third kappa shape index (κ3) is 5.30. The van der Waals surface area contributed by atoms with E-state index in [1.54, 1.807) is 18.2 Å². The molecular weight excluding hydrogens is 370 g/mol. The molecule has 0 radical (unpaired) electrons. The average Bonchev–Trinajstić information content (AvgIpc) is 2.60. The molecule has 2 rings (SSSR count). The first-order valence-electron chi connectivity index (χ1n) is 7.32. The molecule has 2 aromatic rings. The molecule has 1 amide bonds. The maximum Gasteiger partial charge on any atom is 0.262 e. The van der Waals surface area contributed by atoms with Crippen molar-refractivity contribution in [2.45, 2.75) is 12.5 Å². The number of rotatable bonds is 6. The van der Waals surface area contributed by atoms with Crippen LogP contribution in [-0.2, 0) is 11.2 Å². The number of halogens is 1. The van der Waals surface area contributed by atoms with Gasteiger partial charge < -0.3 is 10.4 Å². The van der Waals surface area contributed by atoms with Gasteiger partial charge in [0.05, 0.1) is 18.3 Å². The Balaban J connectivity index is 2.09. The average molecular weight is 386 g/mol. The lowest BCUT2D eigenvalue weighted by molar-refractivity contribution is -0.118. The second kappa shape index (κ2) is 8.96. The Morgan fingerprint density at radius 1 is 1.29 bits per heavy atom. The molecule has 5 nitrogen and oxygen atoms in total. The highest BCUT2D eigenvalue weighted by atomic mass is 79.9. The number of aliphatic hydroxyl groups is 1. The summed E-state index contributed by atoms with van der Waals surface area (Å²) in [7, 11) is 0. The van der Waals surface area contributed by atoms with Gasteiger partial charge in [-0.05, 0) is 46.1 Å². The molecular formula is C18H16BrN3O2. The molecule has 0 aliphatic rings. The third-order valence-corrected chi connectivity index (χ3v) is 3.72. The zero-order chi connectivity index (χ0) is 17.4. The summed E-state index contributed by atoms with van der Waals surface area (Å²) in [6.45, 7) is -0.214. The van der Waals surface area contributed by atoms with E-state index in [0.717, 1.165) is 5.56 Å². The third-order valence-electron chi connectivity index (χ3n) is 3.27. The Kier molecular flexibility index (Phi) is 6.67. The van der Waals surface area contributed by atoms with Crippen LogP contribution in [0.5, 0.6) is 0 Å². The van der Waals surface area contributed by atoms with Crippen molar-refractivity contribution in [2.24, 2.45) is 0 Å². The van der Waals surface area contributed by atoms with E-state index in [2.05, 4.69) is 26.2 Å². The summed E-state index contributed by atoms with van der Waals surface area (Å²) in [4.78, 5) is 16.4. The Morgan fingerprint density at radius 3 is 2.67 bits per heavy atom. The van der Waals surface area contributed by atoms with Gasteiger partial charge in [-0.15, -0.1) is 0 Å². The lowest BCUT2D eigenvalue weighted by Crippen LogP contribution is -2.39. The van der Waals surface area contributed by atoms with Gasteiger partial charge in [0, 0.05) is 0 Å². The number of carbonyl (C=O) groups is 1. The topological polar surface area (TPSA) is 86.0 Å². The molecule has 0 aliphatic carbocycles. The molecule has 0 fully saturated rings. The normalized spacial score (nSPS) is 12.3. The standard InChI is InChI=1S/C18H16BrN3O2/c19-17-8-4-7-15(21-17)10-14(11-20)18(24)22-16(12-23)9-13-5-2-1-3-6-13/h1-8,10,16,23H,9,12H2,(H,22,24). The van der Waals surface area contributed by atoms with Crippen LogP contribution >= 0.6 is 15.9 Å². The van der Waals surface area contributed by atoms with Crippen LogP contribution in [0.2, 0.25) is 0 Å². The van der Waals surface area contributed by atoms with Crippen LogP contribution in [0.3, 0.4) is 0 Å². The Bertz CT molecular complexity index is 769. The molecule has 1 atom stereocenters. The predicted molar refractivity (Wildman–Crippen MR) is 94.7 cm³/mol. The number of hydrogen-bond donors (Lipinski definition) is 2. The lowest BCUT2D eigenvalue weighted by Gasteiger charge is -2.16. The Hall–Kier alpha value is -2.49. The van der Waals surface area contributed by atoms with Crippen molar-refractivity contribution in [3.8, 4) is 6.07 Å². The van der Waals surface area contributed by atoms with Crippen LogP contribution in [0, 0.1) is 11.3 Å².